The van der Waals surface area contributed by atoms with Gasteiger partial charge in [-0.05, 0) is 188 Å². The van der Waals surface area contributed by atoms with Crippen LogP contribution in [0.5, 0.6) is 11.5 Å². The number of rotatable bonds is 25. The van der Waals surface area contributed by atoms with E-state index in [1.807, 2.05) is 23.6 Å². The van der Waals surface area contributed by atoms with Gasteiger partial charge in [-0.3, -0.25) is 33.6 Å². The van der Waals surface area contributed by atoms with Crippen LogP contribution in [0.1, 0.15) is 162 Å². The molecule has 12 rings (SSSR count). The lowest BCUT2D eigenvalue weighted by Crippen LogP contribution is -2.57. The number of anilines is 8. The van der Waals surface area contributed by atoms with Gasteiger partial charge in [-0.2, -0.15) is 0 Å². The Morgan fingerprint density at radius 1 is 0.523 bits per heavy atom. The standard InChI is InChI=1S/C41H50N6O9.C39H48N6O8/c1-5-19-55-41(52)47-33-24-35(26(2)22-31(33)39(51)46-18-8-6-11-32(46)40(47)56-37-13-7-9-20-54-37)53-21-10-12-36(49)43-30-23-34(45(4)25-30)38(50)44-29-16-14-28(15-17-29)42-27(3)48;1-4-18-52-39(49)45-31-23-33(25(2)21-29(31)37(48)44-17-7-5-10-30(44)38(45)53-35-12-6-8-19-51-35)50-20-9-11-34(46)41-28-22-32(43(3)24-28)36(47)42-27-15-13-26(40)14-16-27/h5,14-17,22-25,32,37,40H,1,6-13,18-21H2,2-4H3,(H,42,48)(H,43,49)(H,44,50);4,13-16,21-24,30,35,38H,1,5-12,17-20,40H2,2-3H3,(H,41,46)(H,42,47)/t32-,37?,40?;30-,35?,38?/m00/s1. The molecule has 29 heteroatoms. The predicted molar refractivity (Wildman–Crippen MR) is 410 cm³/mol. The third-order valence-corrected chi connectivity index (χ3v) is 19.5. The van der Waals surface area contributed by atoms with Gasteiger partial charge in [0.05, 0.1) is 59.2 Å². The van der Waals surface area contributed by atoms with Crippen molar-refractivity contribution in [2.75, 3.05) is 94.8 Å². The number of aryl methyl sites for hydroxylation is 4. The van der Waals surface area contributed by atoms with Gasteiger partial charge in [-0.15, -0.1) is 0 Å². The number of benzene rings is 4. The van der Waals surface area contributed by atoms with Crippen molar-refractivity contribution in [3.63, 3.8) is 0 Å². The van der Waals surface area contributed by atoms with E-state index in [0.717, 1.165) is 51.4 Å². The number of nitrogen functional groups attached to an aromatic ring is 1. The molecule has 2 aromatic heterocycles. The molecular weight excluding hydrogens is 1400 g/mol. The van der Waals surface area contributed by atoms with Crippen LogP contribution in [0, 0.1) is 13.8 Å². The minimum absolute atomic E-state index is 0.0158. The lowest BCUT2D eigenvalue weighted by Gasteiger charge is -2.42. The molecule has 0 aliphatic carbocycles. The second-order valence-corrected chi connectivity index (χ2v) is 27.7. The first kappa shape index (κ1) is 79.0. The van der Waals surface area contributed by atoms with Crippen molar-refractivity contribution in [1.29, 1.82) is 0 Å². The average molecular weight is 1500 g/mol. The van der Waals surface area contributed by atoms with E-state index in [-0.39, 0.29) is 80.6 Å². The summed E-state index contributed by atoms with van der Waals surface area (Å²) in [6.45, 7) is 15.0. The summed E-state index contributed by atoms with van der Waals surface area (Å²) < 4.78 is 51.8. The maximum atomic E-state index is 14.1. The Morgan fingerprint density at radius 3 is 1.32 bits per heavy atom. The van der Waals surface area contributed by atoms with Crippen molar-refractivity contribution < 1.29 is 81.0 Å². The SMILES string of the molecule is C=CCOC(=O)N1c2cc(OCCCC(=O)Nc3cc(C(=O)Nc4ccc(N)cc4)n(C)c3)c(C)cc2C(=O)N2CCCC[C@H]2C1OC1CCCCO1.C=CCOC(=O)N1c2cc(OCCCC(=O)Nc3cc(C(=O)Nc4ccc(NC(C)=O)cc4)n(C)c3)c(C)cc2C(=O)N2CCCC[C@H]2C1OC1CCCCO1. The number of carbonyl (C=O) groups is 9. The van der Waals surface area contributed by atoms with Gasteiger partial charge in [0, 0.05) is 107 Å². The van der Waals surface area contributed by atoms with Gasteiger partial charge >= 0.3 is 12.2 Å². The fourth-order valence-electron chi connectivity index (χ4n) is 14.2. The van der Waals surface area contributed by atoms with Crippen molar-refractivity contribution in [3.8, 4) is 11.5 Å². The molecule has 6 aliphatic rings. The molecule has 7 N–H and O–H groups in total. The summed E-state index contributed by atoms with van der Waals surface area (Å²) in [4.78, 5) is 125. The van der Waals surface area contributed by atoms with Crippen LogP contribution in [0.2, 0.25) is 0 Å². The van der Waals surface area contributed by atoms with Gasteiger partial charge < -0.3 is 89.1 Å². The lowest BCUT2D eigenvalue weighted by molar-refractivity contribution is -0.199. The van der Waals surface area contributed by atoms with Crippen LogP contribution in [0.25, 0.3) is 0 Å². The third-order valence-electron chi connectivity index (χ3n) is 19.5. The van der Waals surface area contributed by atoms with Crippen LogP contribution in [0.4, 0.5) is 55.1 Å². The van der Waals surface area contributed by atoms with Crippen molar-refractivity contribution in [1.82, 2.24) is 18.9 Å². The molecule has 4 aromatic carbocycles. The number of piperidine rings is 2. The molecule has 6 atom stereocenters. The van der Waals surface area contributed by atoms with E-state index in [1.165, 1.54) is 28.9 Å². The summed E-state index contributed by atoms with van der Waals surface area (Å²) in [6.07, 6.45) is 13.1. The van der Waals surface area contributed by atoms with Gasteiger partial charge in [0.15, 0.2) is 25.0 Å². The van der Waals surface area contributed by atoms with Crippen LogP contribution in [0.3, 0.4) is 0 Å². The number of carbonyl (C=O) groups excluding carboxylic acids is 9. The Morgan fingerprint density at radius 2 is 0.927 bits per heavy atom. The van der Waals surface area contributed by atoms with E-state index in [1.54, 1.807) is 121 Å². The molecular formula is C80H98N12O17. The Kier molecular flexibility index (Phi) is 27.0. The molecule has 0 spiro atoms. The minimum atomic E-state index is -0.854. The minimum Gasteiger partial charge on any atom is -0.493 e. The van der Waals surface area contributed by atoms with Gasteiger partial charge in [0.1, 0.15) is 36.1 Å². The van der Waals surface area contributed by atoms with Crippen LogP contribution in [0.15, 0.2) is 123 Å². The smallest absolute Gasteiger partial charge is 0.416 e. The van der Waals surface area contributed by atoms with E-state index < -0.39 is 49.3 Å². The second-order valence-electron chi connectivity index (χ2n) is 27.7. The summed E-state index contributed by atoms with van der Waals surface area (Å²) in [5, 5.41) is 14.0. The number of nitrogens with zero attached hydrogens (tertiary/aromatic N) is 6. The van der Waals surface area contributed by atoms with Crippen molar-refractivity contribution >= 4 is 99.0 Å². The van der Waals surface area contributed by atoms with E-state index in [0.29, 0.717) is 155 Å². The third kappa shape index (κ3) is 20.0. The highest BCUT2D eigenvalue weighted by Gasteiger charge is 2.49. The largest absolute Gasteiger partial charge is 0.493 e. The summed E-state index contributed by atoms with van der Waals surface area (Å²) in [7, 11) is 3.43. The van der Waals surface area contributed by atoms with E-state index in [9.17, 15) is 43.2 Å². The zero-order valence-electron chi connectivity index (χ0n) is 62.4. The second kappa shape index (κ2) is 37.2. The van der Waals surface area contributed by atoms with Gasteiger partial charge in [-0.25, -0.2) is 19.4 Å². The van der Waals surface area contributed by atoms with E-state index in [4.69, 9.17) is 43.6 Å². The van der Waals surface area contributed by atoms with E-state index in [2.05, 4.69) is 39.7 Å². The Hall–Kier alpha value is -11.0. The highest BCUT2D eigenvalue weighted by atomic mass is 16.7. The maximum absolute atomic E-state index is 14.1. The molecule has 8 heterocycles. The summed E-state index contributed by atoms with van der Waals surface area (Å²) in [5.74, 6) is -0.840. The Bertz CT molecular complexity index is 4300. The molecule has 0 saturated carbocycles. The fraction of sp³-hybridized carbons (Fsp3) is 0.438. The first-order valence-electron chi connectivity index (χ1n) is 37.3. The predicted octanol–water partition coefficient (Wildman–Crippen LogP) is 12.3. The van der Waals surface area contributed by atoms with Crippen LogP contribution < -0.4 is 51.6 Å². The topological polar surface area (TPSA) is 336 Å². The van der Waals surface area contributed by atoms with Crippen molar-refractivity contribution in [2.45, 2.75) is 161 Å². The van der Waals surface area contributed by atoms with Crippen LogP contribution >= 0.6 is 0 Å². The molecule has 4 fully saturated rings. The summed E-state index contributed by atoms with van der Waals surface area (Å²) in [5.41, 5.74) is 12.5. The molecule has 9 amide bonds. The van der Waals surface area contributed by atoms with Gasteiger partial charge in [-0.1, -0.05) is 25.3 Å². The number of nitrogens with one attached hydrogen (secondary N) is 5. The first-order chi connectivity index (χ1) is 52.6. The van der Waals surface area contributed by atoms with Crippen LogP contribution in [-0.2, 0) is 56.9 Å². The van der Waals surface area contributed by atoms with Crippen molar-refractivity contribution in [3.05, 3.63) is 156 Å². The zero-order valence-corrected chi connectivity index (χ0v) is 62.4. The molecule has 0 bridgehead atoms. The van der Waals surface area contributed by atoms with Crippen molar-refractivity contribution in [2.24, 2.45) is 14.1 Å². The molecule has 29 nitrogen and oxygen atoms in total. The first-order valence-corrected chi connectivity index (χ1v) is 37.3. The van der Waals surface area contributed by atoms with Gasteiger partial charge in [0.25, 0.3) is 23.6 Å². The lowest BCUT2D eigenvalue weighted by atomic mass is 10.00. The monoisotopic (exact) mass is 1500 g/mol. The maximum Gasteiger partial charge on any atom is 0.416 e. The fourth-order valence-corrected chi connectivity index (χ4v) is 14.2. The number of ether oxygens (including phenoxy) is 8. The molecule has 0 radical (unpaired) electrons. The Balaban J connectivity index is 0.000000217. The number of fused-ring (bicyclic) bond motifs is 4. The highest BCUT2D eigenvalue weighted by Crippen LogP contribution is 2.43. The van der Waals surface area contributed by atoms with E-state index >= 15 is 0 Å². The summed E-state index contributed by atoms with van der Waals surface area (Å²) in [6, 6.07) is 22.8. The Labute approximate surface area is 633 Å². The summed E-state index contributed by atoms with van der Waals surface area (Å²) >= 11 is 0. The van der Waals surface area contributed by atoms with Crippen LogP contribution in [-0.4, -0.2) is 162 Å². The number of nitrogens with two attached hydrogens (primary N) is 1. The number of hydrogen-bond donors (Lipinski definition) is 6. The average Bonchev–Trinajstić information content (AvgIpc) is 1.62. The quantitative estimate of drug-likeness (QED) is 0.0176. The zero-order chi connectivity index (χ0) is 77.3. The molecule has 4 saturated heterocycles. The molecule has 580 valence electrons. The highest BCUT2D eigenvalue weighted by molar-refractivity contribution is 6.08. The molecule has 4 unspecified atom stereocenters. The molecule has 6 aliphatic heterocycles. The number of aromatic nitrogens is 2. The molecule has 109 heavy (non-hydrogen) atoms. The molecule has 6 aromatic rings. The van der Waals surface area contributed by atoms with Gasteiger partial charge in [0.2, 0.25) is 17.7 Å². The normalized spacial score (nSPS) is 19.5. The number of hydrogen-bond acceptors (Lipinski definition) is 18. The number of amides is 9.